The first-order valence-electron chi connectivity index (χ1n) is 4.29. The molecule has 1 fully saturated rings. The fraction of sp³-hybridized carbons (Fsp3) is 1.00. The maximum absolute atomic E-state index is 3.33. The minimum absolute atomic E-state index is 0.846. The third-order valence-corrected chi connectivity index (χ3v) is 2.28. The fourth-order valence-corrected chi connectivity index (χ4v) is 1.30. The normalized spacial score (nSPS) is 26.4. The van der Waals surface area contributed by atoms with Gasteiger partial charge >= 0.3 is 0 Å². The van der Waals surface area contributed by atoms with Crippen molar-refractivity contribution in [3.8, 4) is 0 Å². The van der Waals surface area contributed by atoms with Gasteiger partial charge in [-0.2, -0.15) is 0 Å². The average Bonchev–Trinajstić information content (AvgIpc) is 1.95. The van der Waals surface area contributed by atoms with Gasteiger partial charge in [0.2, 0.25) is 0 Å². The van der Waals surface area contributed by atoms with Crippen molar-refractivity contribution >= 4 is 0 Å². The Balaban J connectivity index is 1.92. The van der Waals surface area contributed by atoms with E-state index < -0.39 is 0 Å². The van der Waals surface area contributed by atoms with E-state index in [1.54, 1.807) is 0 Å². The lowest BCUT2D eigenvalue weighted by Gasteiger charge is -2.38. The molecular weight excluding hydrogens is 124 g/mol. The van der Waals surface area contributed by atoms with Gasteiger partial charge in [-0.15, -0.1) is 0 Å². The summed E-state index contributed by atoms with van der Waals surface area (Å²) in [6.07, 6.45) is 1.39. The summed E-state index contributed by atoms with van der Waals surface area (Å²) in [7, 11) is 0. The highest BCUT2D eigenvalue weighted by Gasteiger charge is 2.21. The second kappa shape index (κ2) is 3.94. The van der Waals surface area contributed by atoms with Crippen LogP contribution in [0, 0.1) is 0 Å². The van der Waals surface area contributed by atoms with Crippen LogP contribution in [0.2, 0.25) is 0 Å². The molecule has 1 saturated heterocycles. The fourth-order valence-electron chi connectivity index (χ4n) is 1.30. The predicted molar refractivity (Wildman–Crippen MR) is 44.2 cm³/mol. The van der Waals surface area contributed by atoms with Gasteiger partial charge in [-0.25, -0.2) is 0 Å². The van der Waals surface area contributed by atoms with E-state index in [9.17, 15) is 0 Å². The molecule has 10 heavy (non-hydrogen) atoms. The van der Waals surface area contributed by atoms with Crippen LogP contribution in [-0.2, 0) is 0 Å². The molecule has 1 heterocycles. The lowest BCUT2D eigenvalue weighted by molar-refractivity contribution is 0.106. The smallest absolute Gasteiger partial charge is 0.0110 e. The molecule has 0 spiro atoms. The van der Waals surface area contributed by atoms with Gasteiger partial charge in [-0.05, 0) is 26.4 Å². The van der Waals surface area contributed by atoms with Gasteiger partial charge in [0.15, 0.2) is 0 Å². The Morgan fingerprint density at radius 2 is 2.40 bits per heavy atom. The van der Waals surface area contributed by atoms with Crippen molar-refractivity contribution in [2.45, 2.75) is 26.3 Å². The number of hydrogen-bond donors (Lipinski definition) is 1. The lowest BCUT2D eigenvalue weighted by atomic mass is 10.1. The molecule has 0 aromatic carbocycles. The second-order valence-corrected chi connectivity index (χ2v) is 3.03. The monoisotopic (exact) mass is 142 g/mol. The number of hydrogen-bond acceptors (Lipinski definition) is 2. The van der Waals surface area contributed by atoms with Crippen LogP contribution in [0.15, 0.2) is 0 Å². The maximum atomic E-state index is 3.33. The standard InChI is InChI=1S/C8H18N2/c1-3-9-5-7-10-6-4-8(10)2/h8-9H,3-7H2,1-2H3. The summed E-state index contributed by atoms with van der Waals surface area (Å²) in [5.41, 5.74) is 0. The Morgan fingerprint density at radius 1 is 1.60 bits per heavy atom. The summed E-state index contributed by atoms with van der Waals surface area (Å²) in [6, 6.07) is 0.846. The van der Waals surface area contributed by atoms with Crippen LogP contribution in [0.25, 0.3) is 0 Å². The van der Waals surface area contributed by atoms with Gasteiger partial charge in [0.05, 0.1) is 0 Å². The van der Waals surface area contributed by atoms with Gasteiger partial charge in [0.1, 0.15) is 0 Å². The van der Waals surface area contributed by atoms with Crippen molar-refractivity contribution in [3.05, 3.63) is 0 Å². The van der Waals surface area contributed by atoms with Crippen molar-refractivity contribution < 1.29 is 0 Å². The zero-order valence-electron chi connectivity index (χ0n) is 7.06. The van der Waals surface area contributed by atoms with Gasteiger partial charge in [-0.3, -0.25) is 4.90 Å². The van der Waals surface area contributed by atoms with Crippen LogP contribution in [0.5, 0.6) is 0 Å². The molecule has 1 aliphatic rings. The van der Waals surface area contributed by atoms with Crippen molar-refractivity contribution in [1.29, 1.82) is 0 Å². The largest absolute Gasteiger partial charge is 0.316 e. The van der Waals surface area contributed by atoms with E-state index in [0.717, 1.165) is 19.1 Å². The number of nitrogens with zero attached hydrogens (tertiary/aromatic N) is 1. The molecule has 1 atom stereocenters. The van der Waals surface area contributed by atoms with Crippen LogP contribution in [0.3, 0.4) is 0 Å². The highest BCUT2D eigenvalue weighted by Crippen LogP contribution is 2.14. The van der Waals surface area contributed by atoms with Gasteiger partial charge in [-0.1, -0.05) is 6.92 Å². The predicted octanol–water partition coefficient (Wildman–Crippen LogP) is 0.690. The van der Waals surface area contributed by atoms with E-state index >= 15 is 0 Å². The van der Waals surface area contributed by atoms with Crippen molar-refractivity contribution in [2.75, 3.05) is 26.2 Å². The number of likely N-dealkylation sites (N-methyl/N-ethyl adjacent to an activating group) is 1. The Bertz CT molecular complexity index is 93.3. The third-order valence-electron chi connectivity index (χ3n) is 2.28. The molecule has 1 aliphatic heterocycles. The summed E-state index contributed by atoms with van der Waals surface area (Å²) in [4.78, 5) is 2.52. The molecule has 0 radical (unpaired) electrons. The summed E-state index contributed by atoms with van der Waals surface area (Å²) in [6.45, 7) is 9.25. The molecule has 1 N–H and O–H groups in total. The Hall–Kier alpha value is -0.0800. The SMILES string of the molecule is CCNCCN1CCC1C. The average molecular weight is 142 g/mol. The van der Waals surface area contributed by atoms with Crippen molar-refractivity contribution in [1.82, 2.24) is 10.2 Å². The minimum atomic E-state index is 0.846. The minimum Gasteiger partial charge on any atom is -0.316 e. The Kier molecular flexibility index (Phi) is 3.16. The molecule has 1 rings (SSSR count). The first-order valence-corrected chi connectivity index (χ1v) is 4.29. The molecule has 0 saturated carbocycles. The molecule has 60 valence electrons. The first-order chi connectivity index (χ1) is 4.84. The summed E-state index contributed by atoms with van der Waals surface area (Å²) >= 11 is 0. The molecule has 0 bridgehead atoms. The van der Waals surface area contributed by atoms with Gasteiger partial charge in [0.25, 0.3) is 0 Å². The van der Waals surface area contributed by atoms with Crippen LogP contribution in [-0.4, -0.2) is 37.1 Å². The topological polar surface area (TPSA) is 15.3 Å². The van der Waals surface area contributed by atoms with Crippen molar-refractivity contribution in [3.63, 3.8) is 0 Å². The molecule has 1 unspecified atom stereocenters. The van der Waals surface area contributed by atoms with E-state index in [2.05, 4.69) is 24.1 Å². The Morgan fingerprint density at radius 3 is 2.80 bits per heavy atom. The van der Waals surface area contributed by atoms with Crippen molar-refractivity contribution in [2.24, 2.45) is 0 Å². The number of nitrogens with one attached hydrogen (secondary N) is 1. The summed E-state index contributed by atoms with van der Waals surface area (Å²) in [5, 5.41) is 3.33. The molecule has 0 aromatic rings. The van der Waals surface area contributed by atoms with Crippen LogP contribution in [0.4, 0.5) is 0 Å². The molecule has 0 aliphatic carbocycles. The van der Waals surface area contributed by atoms with Crippen LogP contribution >= 0.6 is 0 Å². The highest BCUT2D eigenvalue weighted by atomic mass is 15.2. The van der Waals surface area contributed by atoms with Gasteiger partial charge < -0.3 is 5.32 Å². The molecular formula is C8H18N2. The summed E-state index contributed by atoms with van der Waals surface area (Å²) < 4.78 is 0. The second-order valence-electron chi connectivity index (χ2n) is 3.03. The molecule has 2 nitrogen and oxygen atoms in total. The van der Waals surface area contributed by atoms with Crippen LogP contribution < -0.4 is 5.32 Å². The highest BCUT2D eigenvalue weighted by molar-refractivity contribution is 4.78. The van der Waals surface area contributed by atoms with E-state index in [1.807, 2.05) is 0 Å². The van der Waals surface area contributed by atoms with E-state index in [0.29, 0.717) is 0 Å². The third kappa shape index (κ3) is 1.96. The maximum Gasteiger partial charge on any atom is 0.0110 e. The molecule has 2 heteroatoms. The van der Waals surface area contributed by atoms with E-state index in [4.69, 9.17) is 0 Å². The quantitative estimate of drug-likeness (QED) is 0.581. The van der Waals surface area contributed by atoms with Crippen LogP contribution in [0.1, 0.15) is 20.3 Å². The zero-order chi connectivity index (χ0) is 7.40. The van der Waals surface area contributed by atoms with E-state index in [-0.39, 0.29) is 0 Å². The first kappa shape index (κ1) is 8.02. The Labute approximate surface area is 63.6 Å². The lowest BCUT2D eigenvalue weighted by Crippen LogP contribution is -2.48. The summed E-state index contributed by atoms with van der Waals surface area (Å²) in [5.74, 6) is 0. The van der Waals surface area contributed by atoms with E-state index in [1.165, 1.54) is 19.5 Å². The number of likely N-dealkylation sites (tertiary alicyclic amines) is 1. The zero-order valence-corrected chi connectivity index (χ0v) is 7.06. The molecule has 0 aromatic heterocycles. The number of rotatable bonds is 4. The van der Waals surface area contributed by atoms with Gasteiger partial charge in [0, 0.05) is 19.1 Å². The molecule has 0 amide bonds.